The molecule has 39 heavy (non-hydrogen) atoms. The Kier molecular flexibility index (Phi) is 8.68. The lowest BCUT2D eigenvalue weighted by Gasteiger charge is -2.29. The van der Waals surface area contributed by atoms with Crippen LogP contribution in [0.4, 0.5) is 5.13 Å². The molecule has 0 aliphatic carbocycles. The van der Waals surface area contributed by atoms with Crippen LogP contribution >= 0.6 is 11.3 Å². The number of ether oxygens (including phenoxy) is 1. The molecule has 210 valence electrons. The lowest BCUT2D eigenvalue weighted by molar-refractivity contribution is 0.0376. The van der Waals surface area contributed by atoms with Crippen molar-refractivity contribution in [3.8, 4) is 0 Å². The predicted octanol–water partition coefficient (Wildman–Crippen LogP) is 4.70. The summed E-state index contributed by atoms with van der Waals surface area (Å²) < 4.78 is 34.4. The van der Waals surface area contributed by atoms with Crippen LogP contribution in [0, 0.1) is 19.8 Å². The molecule has 5 rings (SSSR count). The van der Waals surface area contributed by atoms with E-state index in [0.29, 0.717) is 36.2 Å². The number of aromatic nitrogens is 1. The number of amides is 1. The average Bonchev–Trinajstić information content (AvgIpc) is 3.34. The van der Waals surface area contributed by atoms with Crippen LogP contribution in [0.2, 0.25) is 0 Å². The number of carbonyl (C=O) groups excluding carboxylic acids is 1. The summed E-state index contributed by atoms with van der Waals surface area (Å²) in [5, 5.41) is 0.668. The van der Waals surface area contributed by atoms with Crippen molar-refractivity contribution in [1.82, 2.24) is 14.2 Å². The van der Waals surface area contributed by atoms with Gasteiger partial charge in [-0.3, -0.25) is 14.6 Å². The number of morpholine rings is 1. The molecule has 10 heteroatoms. The molecular formula is C29H38N4O4S2. The van der Waals surface area contributed by atoms with Crippen molar-refractivity contribution in [2.45, 2.75) is 44.9 Å². The van der Waals surface area contributed by atoms with Crippen molar-refractivity contribution in [1.29, 1.82) is 0 Å². The number of anilines is 1. The zero-order valence-corrected chi connectivity index (χ0v) is 24.7. The van der Waals surface area contributed by atoms with Crippen LogP contribution < -0.4 is 4.90 Å². The van der Waals surface area contributed by atoms with Gasteiger partial charge in [-0.1, -0.05) is 18.3 Å². The van der Waals surface area contributed by atoms with Gasteiger partial charge in [-0.25, -0.2) is 13.4 Å². The zero-order chi connectivity index (χ0) is 27.6. The van der Waals surface area contributed by atoms with Gasteiger partial charge in [-0.05, 0) is 86.6 Å². The molecular weight excluding hydrogens is 532 g/mol. The van der Waals surface area contributed by atoms with Gasteiger partial charge in [-0.15, -0.1) is 0 Å². The van der Waals surface area contributed by atoms with Gasteiger partial charge in [-0.2, -0.15) is 4.31 Å². The number of carbonyl (C=O) groups is 1. The average molecular weight is 571 g/mol. The number of hydrogen-bond acceptors (Lipinski definition) is 7. The quantitative estimate of drug-likeness (QED) is 0.390. The number of sulfonamides is 1. The highest BCUT2D eigenvalue weighted by Crippen LogP contribution is 2.32. The van der Waals surface area contributed by atoms with E-state index in [2.05, 4.69) is 37.8 Å². The number of aryl methyl sites for hydroxylation is 2. The number of rotatable bonds is 8. The van der Waals surface area contributed by atoms with E-state index < -0.39 is 10.0 Å². The normalized spacial score (nSPS) is 18.0. The maximum Gasteiger partial charge on any atom is 0.260 e. The second kappa shape index (κ2) is 12.0. The van der Waals surface area contributed by atoms with Crippen LogP contribution in [0.15, 0.2) is 41.3 Å². The van der Waals surface area contributed by atoms with Crippen LogP contribution in [0.25, 0.3) is 10.2 Å². The highest BCUT2D eigenvalue weighted by atomic mass is 32.2. The molecule has 2 aliphatic heterocycles. The molecule has 0 N–H and O–H groups in total. The van der Waals surface area contributed by atoms with Gasteiger partial charge in [0.05, 0.1) is 28.3 Å². The van der Waals surface area contributed by atoms with Gasteiger partial charge >= 0.3 is 0 Å². The lowest BCUT2D eigenvalue weighted by atomic mass is 10.0. The highest BCUT2D eigenvalue weighted by Gasteiger charge is 2.29. The van der Waals surface area contributed by atoms with Gasteiger partial charge in [0.2, 0.25) is 10.0 Å². The maximum atomic E-state index is 13.8. The fourth-order valence-corrected chi connectivity index (χ4v) is 7.68. The van der Waals surface area contributed by atoms with E-state index in [-0.39, 0.29) is 10.8 Å². The van der Waals surface area contributed by atoms with E-state index in [1.54, 1.807) is 33.5 Å². The number of nitrogens with zero attached hydrogens (tertiary/aromatic N) is 4. The molecule has 0 radical (unpaired) electrons. The van der Waals surface area contributed by atoms with Crippen LogP contribution in [0.3, 0.4) is 0 Å². The Bertz CT molecular complexity index is 1370. The summed E-state index contributed by atoms with van der Waals surface area (Å²) in [6, 6.07) is 10.6. The maximum absolute atomic E-state index is 13.8. The number of benzene rings is 2. The van der Waals surface area contributed by atoms with Crippen LogP contribution in [-0.2, 0) is 14.8 Å². The zero-order valence-electron chi connectivity index (χ0n) is 23.1. The third-order valence-corrected chi connectivity index (χ3v) is 10.9. The smallest absolute Gasteiger partial charge is 0.260 e. The Labute approximate surface area is 235 Å². The van der Waals surface area contributed by atoms with Gasteiger partial charge in [0.15, 0.2) is 5.13 Å². The van der Waals surface area contributed by atoms with Gasteiger partial charge in [0, 0.05) is 44.8 Å². The SMILES string of the molecule is Cc1cc2nc(N(CCCN3CCOCC3)C(=O)c3ccc(S(=O)(=O)N4CCC(C)CC4)cc3)sc2cc1C. The summed E-state index contributed by atoms with van der Waals surface area (Å²) >= 11 is 1.52. The molecule has 3 aromatic rings. The summed E-state index contributed by atoms with van der Waals surface area (Å²) in [6.07, 6.45) is 2.55. The minimum absolute atomic E-state index is 0.166. The first-order valence-electron chi connectivity index (χ1n) is 13.8. The van der Waals surface area contributed by atoms with E-state index in [1.807, 2.05) is 0 Å². The number of thiazole rings is 1. The van der Waals surface area contributed by atoms with Crippen molar-refractivity contribution in [2.24, 2.45) is 5.92 Å². The van der Waals surface area contributed by atoms with Crippen molar-refractivity contribution in [2.75, 3.05) is 57.4 Å². The Morgan fingerprint density at radius 2 is 1.72 bits per heavy atom. The number of hydrogen-bond donors (Lipinski definition) is 0. The summed E-state index contributed by atoms with van der Waals surface area (Å²) in [7, 11) is -3.57. The molecule has 0 saturated carbocycles. The molecule has 0 spiro atoms. The van der Waals surface area contributed by atoms with Crippen molar-refractivity contribution in [3.05, 3.63) is 53.1 Å². The molecule has 0 unspecified atom stereocenters. The summed E-state index contributed by atoms with van der Waals surface area (Å²) in [6.45, 7) is 12.1. The van der Waals surface area contributed by atoms with Crippen molar-refractivity contribution in [3.63, 3.8) is 0 Å². The third-order valence-electron chi connectivity index (χ3n) is 7.91. The van der Waals surface area contributed by atoms with Crippen molar-refractivity contribution < 1.29 is 17.9 Å². The summed E-state index contributed by atoms with van der Waals surface area (Å²) in [4.78, 5) is 23.0. The molecule has 1 amide bonds. The minimum Gasteiger partial charge on any atom is -0.379 e. The molecule has 2 aromatic carbocycles. The van der Waals surface area contributed by atoms with E-state index in [0.717, 1.165) is 62.3 Å². The van der Waals surface area contributed by atoms with Crippen LogP contribution in [-0.4, -0.2) is 81.0 Å². The Balaban J connectivity index is 1.37. The second-order valence-electron chi connectivity index (χ2n) is 10.8. The Morgan fingerprint density at radius 1 is 1.05 bits per heavy atom. The first kappa shape index (κ1) is 28.2. The summed E-state index contributed by atoms with van der Waals surface area (Å²) in [5.74, 6) is 0.376. The monoisotopic (exact) mass is 570 g/mol. The number of fused-ring (bicyclic) bond motifs is 1. The predicted molar refractivity (Wildman–Crippen MR) is 156 cm³/mol. The standard InChI is InChI=1S/C29H38N4O4S2/c1-21-9-13-32(14-10-21)39(35,36)25-7-5-24(6-8-25)28(34)33(12-4-11-31-15-17-37-18-16-31)29-30-26-19-22(2)23(3)20-27(26)38-29/h5-8,19-21H,4,9-18H2,1-3H3. The van der Waals surface area contributed by atoms with E-state index in [1.165, 1.54) is 22.5 Å². The van der Waals surface area contributed by atoms with Crippen LogP contribution in [0.5, 0.6) is 0 Å². The molecule has 1 aromatic heterocycles. The molecule has 2 fully saturated rings. The molecule has 0 atom stereocenters. The lowest BCUT2D eigenvalue weighted by Crippen LogP contribution is -2.39. The van der Waals surface area contributed by atoms with E-state index in [9.17, 15) is 13.2 Å². The third kappa shape index (κ3) is 6.36. The van der Waals surface area contributed by atoms with Crippen molar-refractivity contribution >= 4 is 42.6 Å². The van der Waals surface area contributed by atoms with Gasteiger partial charge in [0.1, 0.15) is 0 Å². The molecule has 8 nitrogen and oxygen atoms in total. The number of piperidine rings is 1. The summed E-state index contributed by atoms with van der Waals surface area (Å²) in [5.41, 5.74) is 3.72. The van der Waals surface area contributed by atoms with E-state index >= 15 is 0 Å². The Morgan fingerprint density at radius 3 is 2.41 bits per heavy atom. The highest BCUT2D eigenvalue weighted by molar-refractivity contribution is 7.89. The van der Waals surface area contributed by atoms with Gasteiger partial charge < -0.3 is 4.74 Å². The topological polar surface area (TPSA) is 83.0 Å². The second-order valence-corrected chi connectivity index (χ2v) is 13.7. The fourth-order valence-electron chi connectivity index (χ4n) is 5.14. The largest absolute Gasteiger partial charge is 0.379 e. The van der Waals surface area contributed by atoms with Gasteiger partial charge in [0.25, 0.3) is 5.91 Å². The first-order valence-corrected chi connectivity index (χ1v) is 16.1. The molecule has 0 bridgehead atoms. The van der Waals surface area contributed by atoms with E-state index in [4.69, 9.17) is 9.72 Å². The molecule has 3 heterocycles. The minimum atomic E-state index is -3.57. The molecule has 2 saturated heterocycles. The Hall–Kier alpha value is -2.37. The fraction of sp³-hybridized carbons (Fsp3) is 0.517. The first-order chi connectivity index (χ1) is 18.7. The molecule has 2 aliphatic rings. The van der Waals surface area contributed by atoms with Crippen LogP contribution in [0.1, 0.15) is 47.7 Å².